The number of amides is 1. The van der Waals surface area contributed by atoms with Gasteiger partial charge in [-0.15, -0.1) is 0 Å². The van der Waals surface area contributed by atoms with Gasteiger partial charge in [0.15, 0.2) is 0 Å². The standard InChI is InChI=1S/C12H15BrN2O2/c13-10-3-1-2-9(6-10)11-8-15(4-5-17-11)12(16)7-14/h1-3,6,11H,4-5,7-8,14H2. The molecule has 1 atom stereocenters. The molecule has 0 bridgehead atoms. The van der Waals surface area contributed by atoms with E-state index >= 15 is 0 Å². The lowest BCUT2D eigenvalue weighted by molar-refractivity contribution is -0.137. The first kappa shape index (κ1) is 12.5. The summed E-state index contributed by atoms with van der Waals surface area (Å²) in [7, 11) is 0. The number of hydrogen-bond donors (Lipinski definition) is 1. The Labute approximate surface area is 109 Å². The number of carbonyl (C=O) groups is 1. The molecular formula is C12H15BrN2O2. The Morgan fingerprint density at radius 3 is 3.12 bits per heavy atom. The molecular weight excluding hydrogens is 284 g/mol. The molecule has 2 N–H and O–H groups in total. The van der Waals surface area contributed by atoms with Crippen LogP contribution in [0, 0.1) is 0 Å². The number of halogens is 1. The average Bonchev–Trinajstić information content (AvgIpc) is 2.38. The highest BCUT2D eigenvalue weighted by atomic mass is 79.9. The summed E-state index contributed by atoms with van der Waals surface area (Å²) in [5.74, 6) is -0.0201. The SMILES string of the molecule is NCC(=O)N1CCOC(c2cccc(Br)c2)C1. The van der Waals surface area contributed by atoms with E-state index in [1.54, 1.807) is 4.90 Å². The van der Waals surface area contributed by atoms with Crippen molar-refractivity contribution in [3.8, 4) is 0 Å². The molecule has 1 amide bonds. The molecule has 17 heavy (non-hydrogen) atoms. The van der Waals surface area contributed by atoms with Gasteiger partial charge in [0.25, 0.3) is 0 Å². The van der Waals surface area contributed by atoms with Gasteiger partial charge in [0.05, 0.1) is 19.7 Å². The average molecular weight is 299 g/mol. The van der Waals surface area contributed by atoms with E-state index in [4.69, 9.17) is 10.5 Å². The summed E-state index contributed by atoms with van der Waals surface area (Å²) in [5, 5.41) is 0. The first-order valence-corrected chi connectivity index (χ1v) is 6.35. The Hall–Kier alpha value is -0.910. The maximum absolute atomic E-state index is 11.5. The molecule has 1 aliphatic rings. The molecule has 2 rings (SSSR count). The van der Waals surface area contributed by atoms with E-state index in [0.29, 0.717) is 19.7 Å². The number of ether oxygens (including phenoxy) is 1. The molecule has 1 aliphatic heterocycles. The smallest absolute Gasteiger partial charge is 0.236 e. The van der Waals surface area contributed by atoms with Gasteiger partial charge >= 0.3 is 0 Å². The van der Waals surface area contributed by atoms with Gasteiger partial charge in [0, 0.05) is 11.0 Å². The highest BCUT2D eigenvalue weighted by Gasteiger charge is 2.24. The van der Waals surface area contributed by atoms with E-state index in [9.17, 15) is 4.79 Å². The largest absolute Gasteiger partial charge is 0.370 e. The van der Waals surface area contributed by atoms with E-state index < -0.39 is 0 Å². The first-order valence-electron chi connectivity index (χ1n) is 5.55. The van der Waals surface area contributed by atoms with Gasteiger partial charge in [-0.1, -0.05) is 28.1 Å². The maximum Gasteiger partial charge on any atom is 0.236 e. The van der Waals surface area contributed by atoms with Crippen molar-refractivity contribution in [1.29, 1.82) is 0 Å². The van der Waals surface area contributed by atoms with Crippen LogP contribution in [-0.2, 0) is 9.53 Å². The zero-order chi connectivity index (χ0) is 12.3. The second kappa shape index (κ2) is 5.62. The quantitative estimate of drug-likeness (QED) is 0.896. The summed E-state index contributed by atoms with van der Waals surface area (Å²) in [5.41, 5.74) is 6.45. The molecule has 0 saturated carbocycles. The second-order valence-corrected chi connectivity index (χ2v) is 4.87. The van der Waals surface area contributed by atoms with Gasteiger partial charge in [-0.2, -0.15) is 0 Å². The normalized spacial score (nSPS) is 20.4. The van der Waals surface area contributed by atoms with Gasteiger partial charge in [-0.05, 0) is 17.7 Å². The summed E-state index contributed by atoms with van der Waals surface area (Å²) in [6, 6.07) is 7.95. The number of rotatable bonds is 2. The van der Waals surface area contributed by atoms with Crippen molar-refractivity contribution in [2.24, 2.45) is 5.73 Å². The van der Waals surface area contributed by atoms with Gasteiger partial charge < -0.3 is 15.4 Å². The number of carbonyl (C=O) groups excluding carboxylic acids is 1. The van der Waals surface area contributed by atoms with Gasteiger partial charge in [0.1, 0.15) is 6.10 Å². The Kier molecular flexibility index (Phi) is 4.15. The predicted molar refractivity (Wildman–Crippen MR) is 68.5 cm³/mol. The molecule has 1 aromatic carbocycles. The fourth-order valence-corrected chi connectivity index (χ4v) is 2.33. The van der Waals surface area contributed by atoms with Crippen molar-refractivity contribution in [2.45, 2.75) is 6.10 Å². The van der Waals surface area contributed by atoms with Crippen molar-refractivity contribution in [2.75, 3.05) is 26.2 Å². The van der Waals surface area contributed by atoms with Crippen LogP contribution in [0.4, 0.5) is 0 Å². The van der Waals surface area contributed by atoms with Gasteiger partial charge in [-0.3, -0.25) is 4.79 Å². The Morgan fingerprint density at radius 1 is 1.59 bits per heavy atom. The molecule has 1 fully saturated rings. The lowest BCUT2D eigenvalue weighted by Gasteiger charge is -2.33. The van der Waals surface area contributed by atoms with Crippen molar-refractivity contribution in [1.82, 2.24) is 4.90 Å². The number of hydrogen-bond acceptors (Lipinski definition) is 3. The van der Waals surface area contributed by atoms with E-state index in [0.717, 1.165) is 10.0 Å². The van der Waals surface area contributed by atoms with Crippen molar-refractivity contribution >= 4 is 21.8 Å². The third-order valence-electron chi connectivity index (χ3n) is 2.81. The van der Waals surface area contributed by atoms with E-state index in [1.165, 1.54) is 0 Å². The Balaban J connectivity index is 2.09. The minimum absolute atomic E-state index is 0.0201. The maximum atomic E-state index is 11.5. The molecule has 0 aromatic heterocycles. The van der Waals surface area contributed by atoms with Gasteiger partial charge in [-0.25, -0.2) is 0 Å². The molecule has 1 heterocycles. The summed E-state index contributed by atoms with van der Waals surface area (Å²) >= 11 is 3.43. The molecule has 0 radical (unpaired) electrons. The molecule has 0 aliphatic carbocycles. The lowest BCUT2D eigenvalue weighted by Crippen LogP contribution is -2.44. The third kappa shape index (κ3) is 3.06. The molecule has 1 aromatic rings. The Morgan fingerprint density at radius 2 is 2.41 bits per heavy atom. The van der Waals surface area contributed by atoms with Crippen molar-refractivity contribution in [3.63, 3.8) is 0 Å². The number of nitrogens with two attached hydrogens (primary N) is 1. The molecule has 5 heteroatoms. The van der Waals surface area contributed by atoms with E-state index in [-0.39, 0.29) is 18.6 Å². The molecule has 1 saturated heterocycles. The number of nitrogens with zero attached hydrogens (tertiary/aromatic N) is 1. The fraction of sp³-hybridized carbons (Fsp3) is 0.417. The summed E-state index contributed by atoms with van der Waals surface area (Å²) in [4.78, 5) is 13.3. The number of benzene rings is 1. The van der Waals surface area contributed by atoms with Crippen LogP contribution in [0.2, 0.25) is 0 Å². The third-order valence-corrected chi connectivity index (χ3v) is 3.31. The number of morpholine rings is 1. The molecule has 0 spiro atoms. The van der Waals surface area contributed by atoms with Crippen LogP contribution in [-0.4, -0.2) is 37.0 Å². The lowest BCUT2D eigenvalue weighted by atomic mass is 10.1. The minimum Gasteiger partial charge on any atom is -0.370 e. The van der Waals surface area contributed by atoms with E-state index in [2.05, 4.69) is 15.9 Å². The highest BCUT2D eigenvalue weighted by molar-refractivity contribution is 9.10. The van der Waals surface area contributed by atoms with Crippen LogP contribution < -0.4 is 5.73 Å². The summed E-state index contributed by atoms with van der Waals surface area (Å²) in [6.45, 7) is 1.82. The van der Waals surface area contributed by atoms with Crippen LogP contribution in [0.5, 0.6) is 0 Å². The van der Waals surface area contributed by atoms with E-state index in [1.807, 2.05) is 24.3 Å². The monoisotopic (exact) mass is 298 g/mol. The first-order chi connectivity index (χ1) is 8.20. The topological polar surface area (TPSA) is 55.6 Å². The fourth-order valence-electron chi connectivity index (χ4n) is 1.91. The molecule has 4 nitrogen and oxygen atoms in total. The van der Waals surface area contributed by atoms with Crippen LogP contribution in [0.1, 0.15) is 11.7 Å². The zero-order valence-electron chi connectivity index (χ0n) is 9.43. The predicted octanol–water partition coefficient (Wildman–Crippen LogP) is 1.31. The zero-order valence-corrected chi connectivity index (χ0v) is 11.0. The van der Waals surface area contributed by atoms with Gasteiger partial charge in [0.2, 0.25) is 5.91 Å². The molecule has 1 unspecified atom stereocenters. The van der Waals surface area contributed by atoms with Crippen LogP contribution in [0.15, 0.2) is 28.7 Å². The van der Waals surface area contributed by atoms with Crippen LogP contribution >= 0.6 is 15.9 Å². The summed E-state index contributed by atoms with van der Waals surface area (Å²) in [6.07, 6.45) is -0.0586. The van der Waals surface area contributed by atoms with Crippen LogP contribution in [0.3, 0.4) is 0 Å². The minimum atomic E-state index is -0.0586. The highest BCUT2D eigenvalue weighted by Crippen LogP contribution is 2.24. The van der Waals surface area contributed by atoms with Crippen LogP contribution in [0.25, 0.3) is 0 Å². The Bertz CT molecular complexity index is 411. The molecule has 92 valence electrons. The second-order valence-electron chi connectivity index (χ2n) is 3.96. The van der Waals surface area contributed by atoms with Crippen molar-refractivity contribution < 1.29 is 9.53 Å². The van der Waals surface area contributed by atoms with Crippen molar-refractivity contribution in [3.05, 3.63) is 34.3 Å². The summed E-state index contributed by atoms with van der Waals surface area (Å²) < 4.78 is 6.70.